The Kier molecular flexibility index (Phi) is 5.35. The van der Waals surface area contributed by atoms with E-state index < -0.39 is 0 Å². The molecular formula is C13H25N5O. The van der Waals surface area contributed by atoms with Crippen molar-refractivity contribution in [2.24, 2.45) is 7.05 Å². The number of carbonyl (C=O) groups excluding carboxylic acids is 1. The number of rotatable bonds is 5. The monoisotopic (exact) mass is 267 g/mol. The minimum Gasteiger partial charge on any atom is -0.337 e. The van der Waals surface area contributed by atoms with E-state index in [4.69, 9.17) is 0 Å². The molecule has 0 radical (unpaired) electrons. The fraction of sp³-hybridized carbons (Fsp3) is 0.692. The number of aromatic nitrogens is 2. The molecule has 0 aromatic carbocycles. The molecule has 0 aliphatic carbocycles. The Morgan fingerprint density at radius 1 is 1.37 bits per heavy atom. The molecular weight excluding hydrogens is 242 g/mol. The fourth-order valence-corrected chi connectivity index (χ4v) is 2.13. The molecule has 0 aliphatic heterocycles. The number of carbonyl (C=O) groups is 1. The Bertz CT molecular complexity index is 438. The number of nitrogens with zero attached hydrogens (tertiary/aromatic N) is 3. The maximum absolute atomic E-state index is 11.3. The van der Waals surface area contributed by atoms with Crippen molar-refractivity contribution in [2.75, 3.05) is 27.2 Å². The van der Waals surface area contributed by atoms with E-state index in [-0.39, 0.29) is 12.1 Å². The lowest BCUT2D eigenvalue weighted by Crippen LogP contribution is -2.38. The van der Waals surface area contributed by atoms with Gasteiger partial charge in [0.15, 0.2) is 0 Å². The fourth-order valence-electron chi connectivity index (χ4n) is 2.13. The minimum absolute atomic E-state index is 0.0665. The standard InChI is InChI=1S/C13H25N5O/c1-9(12-10(2)16-18(6)11(12)3)14-7-8-15-13(19)17(4)5/h9,14H,7-8H2,1-6H3,(H,15,19). The molecule has 1 aromatic rings. The summed E-state index contributed by atoms with van der Waals surface area (Å²) in [5.41, 5.74) is 3.47. The van der Waals surface area contributed by atoms with Gasteiger partial charge in [0, 0.05) is 51.5 Å². The van der Waals surface area contributed by atoms with Crippen LogP contribution >= 0.6 is 0 Å². The van der Waals surface area contributed by atoms with Crippen molar-refractivity contribution < 1.29 is 4.79 Å². The summed E-state index contributed by atoms with van der Waals surface area (Å²) in [6.45, 7) is 7.55. The summed E-state index contributed by atoms with van der Waals surface area (Å²) in [6, 6.07) is 0.160. The molecule has 0 saturated heterocycles. The summed E-state index contributed by atoms with van der Waals surface area (Å²) in [7, 11) is 5.41. The number of urea groups is 1. The maximum atomic E-state index is 11.3. The van der Waals surface area contributed by atoms with Crippen molar-refractivity contribution in [1.82, 2.24) is 25.3 Å². The quantitative estimate of drug-likeness (QED) is 0.781. The first-order valence-corrected chi connectivity index (χ1v) is 6.53. The third kappa shape index (κ3) is 3.96. The molecule has 1 rings (SSSR count). The highest BCUT2D eigenvalue weighted by atomic mass is 16.2. The Morgan fingerprint density at radius 2 is 2.00 bits per heavy atom. The Balaban J connectivity index is 2.44. The lowest BCUT2D eigenvalue weighted by Gasteiger charge is -2.16. The number of amides is 2. The van der Waals surface area contributed by atoms with Gasteiger partial charge in [-0.05, 0) is 20.8 Å². The second kappa shape index (κ2) is 6.56. The van der Waals surface area contributed by atoms with Gasteiger partial charge in [-0.15, -0.1) is 0 Å². The lowest BCUT2D eigenvalue weighted by molar-refractivity contribution is 0.217. The Morgan fingerprint density at radius 3 is 2.47 bits per heavy atom. The minimum atomic E-state index is -0.0665. The highest BCUT2D eigenvalue weighted by Gasteiger charge is 2.15. The summed E-state index contributed by atoms with van der Waals surface area (Å²) in [4.78, 5) is 12.9. The van der Waals surface area contributed by atoms with Crippen molar-refractivity contribution in [3.63, 3.8) is 0 Å². The van der Waals surface area contributed by atoms with Crippen molar-refractivity contribution in [1.29, 1.82) is 0 Å². The normalized spacial score (nSPS) is 12.3. The van der Waals surface area contributed by atoms with E-state index >= 15 is 0 Å². The van der Waals surface area contributed by atoms with Crippen LogP contribution in [0.1, 0.15) is 29.9 Å². The molecule has 1 aromatic heterocycles. The zero-order valence-electron chi connectivity index (χ0n) is 12.7. The zero-order chi connectivity index (χ0) is 14.6. The van der Waals surface area contributed by atoms with Gasteiger partial charge < -0.3 is 15.5 Å². The average Bonchev–Trinajstić information content (AvgIpc) is 2.58. The van der Waals surface area contributed by atoms with Gasteiger partial charge >= 0.3 is 6.03 Å². The predicted molar refractivity (Wildman–Crippen MR) is 76.2 cm³/mol. The molecule has 19 heavy (non-hydrogen) atoms. The molecule has 1 unspecified atom stereocenters. The molecule has 0 aliphatic rings. The number of hydrogen-bond acceptors (Lipinski definition) is 3. The average molecular weight is 267 g/mol. The highest BCUT2D eigenvalue weighted by Crippen LogP contribution is 2.20. The summed E-state index contributed by atoms with van der Waals surface area (Å²) in [6.07, 6.45) is 0. The second-order valence-electron chi connectivity index (χ2n) is 5.01. The predicted octanol–water partition coefficient (Wildman–Crippen LogP) is 0.959. The second-order valence-corrected chi connectivity index (χ2v) is 5.01. The molecule has 2 amide bonds. The van der Waals surface area contributed by atoms with Crippen LogP contribution < -0.4 is 10.6 Å². The van der Waals surface area contributed by atoms with E-state index in [9.17, 15) is 4.79 Å². The van der Waals surface area contributed by atoms with Gasteiger partial charge in [0.1, 0.15) is 0 Å². The maximum Gasteiger partial charge on any atom is 0.316 e. The van der Waals surface area contributed by atoms with Crippen LogP contribution in [-0.4, -0.2) is 47.9 Å². The molecule has 108 valence electrons. The van der Waals surface area contributed by atoms with E-state index in [0.29, 0.717) is 6.54 Å². The van der Waals surface area contributed by atoms with Crippen LogP contribution in [0.3, 0.4) is 0 Å². The van der Waals surface area contributed by atoms with E-state index in [1.54, 1.807) is 14.1 Å². The van der Waals surface area contributed by atoms with Crippen molar-refractivity contribution >= 4 is 6.03 Å². The molecule has 0 saturated carbocycles. The largest absolute Gasteiger partial charge is 0.337 e. The molecule has 1 heterocycles. The number of nitrogens with one attached hydrogen (secondary N) is 2. The van der Waals surface area contributed by atoms with Gasteiger partial charge in [-0.25, -0.2) is 4.79 Å². The van der Waals surface area contributed by atoms with Gasteiger partial charge in [-0.1, -0.05) is 0 Å². The van der Waals surface area contributed by atoms with Crippen LogP contribution in [0.15, 0.2) is 0 Å². The van der Waals surface area contributed by atoms with Gasteiger partial charge in [-0.3, -0.25) is 4.68 Å². The molecule has 1 atom stereocenters. The first-order valence-electron chi connectivity index (χ1n) is 6.53. The molecule has 0 bridgehead atoms. The Labute approximate surface area is 115 Å². The summed E-state index contributed by atoms with van der Waals surface area (Å²) >= 11 is 0. The van der Waals surface area contributed by atoms with Gasteiger partial charge in [0.25, 0.3) is 0 Å². The Hall–Kier alpha value is -1.56. The van der Waals surface area contributed by atoms with Crippen LogP contribution in [-0.2, 0) is 7.05 Å². The molecule has 0 spiro atoms. The van der Waals surface area contributed by atoms with Gasteiger partial charge in [0.05, 0.1) is 5.69 Å². The number of aryl methyl sites for hydroxylation is 2. The van der Waals surface area contributed by atoms with Crippen LogP contribution in [0.5, 0.6) is 0 Å². The topological polar surface area (TPSA) is 62.2 Å². The van der Waals surface area contributed by atoms with E-state index in [1.807, 2.05) is 18.7 Å². The smallest absolute Gasteiger partial charge is 0.316 e. The molecule has 6 heteroatoms. The molecule has 0 fully saturated rings. The van der Waals surface area contributed by atoms with Crippen LogP contribution in [0.25, 0.3) is 0 Å². The molecule has 6 nitrogen and oxygen atoms in total. The van der Waals surface area contributed by atoms with Crippen molar-refractivity contribution in [3.05, 3.63) is 17.0 Å². The van der Waals surface area contributed by atoms with E-state index in [0.717, 1.165) is 12.2 Å². The van der Waals surface area contributed by atoms with Crippen LogP contribution in [0.2, 0.25) is 0 Å². The van der Waals surface area contributed by atoms with E-state index in [2.05, 4.69) is 29.6 Å². The van der Waals surface area contributed by atoms with Crippen molar-refractivity contribution in [3.8, 4) is 0 Å². The first kappa shape index (κ1) is 15.5. The van der Waals surface area contributed by atoms with E-state index in [1.165, 1.54) is 16.2 Å². The number of hydrogen-bond donors (Lipinski definition) is 2. The van der Waals surface area contributed by atoms with Gasteiger partial charge in [0.2, 0.25) is 0 Å². The summed E-state index contributed by atoms with van der Waals surface area (Å²) < 4.78 is 1.90. The summed E-state index contributed by atoms with van der Waals surface area (Å²) in [5.74, 6) is 0. The third-order valence-electron chi connectivity index (χ3n) is 3.26. The summed E-state index contributed by atoms with van der Waals surface area (Å²) in [5, 5.41) is 10.6. The van der Waals surface area contributed by atoms with Crippen LogP contribution in [0, 0.1) is 13.8 Å². The lowest BCUT2D eigenvalue weighted by atomic mass is 10.1. The van der Waals surface area contributed by atoms with Crippen molar-refractivity contribution in [2.45, 2.75) is 26.8 Å². The van der Waals surface area contributed by atoms with Gasteiger partial charge in [-0.2, -0.15) is 5.10 Å². The zero-order valence-corrected chi connectivity index (χ0v) is 12.7. The highest BCUT2D eigenvalue weighted by molar-refractivity contribution is 5.73. The SMILES string of the molecule is Cc1nn(C)c(C)c1C(C)NCCNC(=O)N(C)C. The third-order valence-corrected chi connectivity index (χ3v) is 3.26. The molecule has 2 N–H and O–H groups in total. The first-order chi connectivity index (χ1) is 8.84. The van der Waals surface area contributed by atoms with Crippen LogP contribution in [0.4, 0.5) is 4.79 Å².